The van der Waals surface area contributed by atoms with Gasteiger partial charge in [0.15, 0.2) is 0 Å². The van der Waals surface area contributed by atoms with Crippen LogP contribution in [0.15, 0.2) is 59.5 Å². The number of sulfonamides is 1. The van der Waals surface area contributed by atoms with E-state index in [1.165, 1.54) is 36.1 Å². The SMILES string of the molecule is CN(C)S(=O)(=O)c1ccc(C(=O)N2CCCCC(c3ccccc3)C2)cc1. The van der Waals surface area contributed by atoms with E-state index in [1.807, 2.05) is 23.1 Å². The Balaban J connectivity index is 1.78. The Bertz CT molecular complexity index is 877. The molecule has 2 aromatic carbocycles. The maximum atomic E-state index is 13.0. The first-order valence-electron chi connectivity index (χ1n) is 9.26. The van der Waals surface area contributed by atoms with Gasteiger partial charge in [-0.1, -0.05) is 36.8 Å². The Labute approximate surface area is 161 Å². The van der Waals surface area contributed by atoms with E-state index in [2.05, 4.69) is 12.1 Å². The molecule has 0 aliphatic carbocycles. The summed E-state index contributed by atoms with van der Waals surface area (Å²) in [7, 11) is -0.496. The number of hydrogen-bond donors (Lipinski definition) is 0. The fraction of sp³-hybridized carbons (Fsp3) is 0.381. The largest absolute Gasteiger partial charge is 0.338 e. The molecule has 1 fully saturated rings. The van der Waals surface area contributed by atoms with Crippen molar-refractivity contribution in [1.82, 2.24) is 9.21 Å². The van der Waals surface area contributed by atoms with Crippen molar-refractivity contribution in [3.8, 4) is 0 Å². The first kappa shape index (κ1) is 19.6. The number of benzene rings is 2. The molecule has 2 aromatic rings. The van der Waals surface area contributed by atoms with Gasteiger partial charge in [-0.05, 0) is 42.7 Å². The highest BCUT2D eigenvalue weighted by atomic mass is 32.2. The van der Waals surface area contributed by atoms with Crippen molar-refractivity contribution >= 4 is 15.9 Å². The maximum absolute atomic E-state index is 13.0. The summed E-state index contributed by atoms with van der Waals surface area (Å²) < 4.78 is 25.6. The summed E-state index contributed by atoms with van der Waals surface area (Å²) in [6.45, 7) is 1.43. The molecule has 0 N–H and O–H groups in total. The van der Waals surface area contributed by atoms with Gasteiger partial charge in [0.05, 0.1) is 4.90 Å². The molecule has 3 rings (SSSR count). The minimum Gasteiger partial charge on any atom is -0.338 e. The van der Waals surface area contributed by atoms with Gasteiger partial charge < -0.3 is 4.90 Å². The molecule has 1 saturated heterocycles. The summed E-state index contributed by atoms with van der Waals surface area (Å²) in [5.74, 6) is 0.303. The lowest BCUT2D eigenvalue weighted by molar-refractivity contribution is 0.0754. The lowest BCUT2D eigenvalue weighted by Crippen LogP contribution is -2.34. The first-order chi connectivity index (χ1) is 12.9. The van der Waals surface area contributed by atoms with Gasteiger partial charge >= 0.3 is 0 Å². The van der Waals surface area contributed by atoms with E-state index in [0.717, 1.165) is 25.8 Å². The van der Waals surface area contributed by atoms with E-state index in [-0.39, 0.29) is 10.8 Å². The van der Waals surface area contributed by atoms with Crippen LogP contribution in [0.3, 0.4) is 0 Å². The van der Waals surface area contributed by atoms with Crippen LogP contribution in [0.25, 0.3) is 0 Å². The van der Waals surface area contributed by atoms with Gasteiger partial charge in [0.25, 0.3) is 5.91 Å². The van der Waals surface area contributed by atoms with Gasteiger partial charge in [-0.25, -0.2) is 12.7 Å². The Morgan fingerprint density at radius 2 is 1.67 bits per heavy atom. The molecule has 1 atom stereocenters. The zero-order chi connectivity index (χ0) is 19.4. The number of amides is 1. The van der Waals surface area contributed by atoms with Gasteiger partial charge in [-0.2, -0.15) is 0 Å². The molecule has 6 heteroatoms. The molecule has 1 aliphatic rings. The van der Waals surface area contributed by atoms with Gasteiger partial charge in [-0.15, -0.1) is 0 Å². The zero-order valence-corrected chi connectivity index (χ0v) is 16.7. The average molecular weight is 387 g/mol. The molecule has 0 radical (unpaired) electrons. The molecule has 27 heavy (non-hydrogen) atoms. The van der Waals surface area contributed by atoms with Crippen LogP contribution in [-0.4, -0.2) is 50.7 Å². The molecule has 144 valence electrons. The summed E-state index contributed by atoms with van der Waals surface area (Å²) in [5.41, 5.74) is 1.80. The van der Waals surface area contributed by atoms with Crippen LogP contribution in [-0.2, 0) is 10.0 Å². The third kappa shape index (κ3) is 4.39. The second kappa shape index (κ2) is 8.23. The van der Waals surface area contributed by atoms with Gasteiger partial charge in [0, 0.05) is 38.7 Å². The zero-order valence-electron chi connectivity index (χ0n) is 15.8. The second-order valence-corrected chi connectivity index (χ2v) is 9.32. The number of hydrogen-bond acceptors (Lipinski definition) is 3. The summed E-state index contributed by atoms with van der Waals surface area (Å²) in [6.07, 6.45) is 3.17. The van der Waals surface area contributed by atoms with E-state index < -0.39 is 10.0 Å². The Morgan fingerprint density at radius 3 is 2.30 bits per heavy atom. The van der Waals surface area contributed by atoms with Crippen molar-refractivity contribution in [3.05, 3.63) is 65.7 Å². The van der Waals surface area contributed by atoms with E-state index in [1.54, 1.807) is 12.1 Å². The molecule has 1 unspecified atom stereocenters. The number of nitrogens with zero attached hydrogens (tertiary/aromatic N) is 2. The predicted octanol–water partition coefficient (Wildman–Crippen LogP) is 3.35. The van der Waals surface area contributed by atoms with Gasteiger partial charge in [-0.3, -0.25) is 4.79 Å². The number of rotatable bonds is 4. The van der Waals surface area contributed by atoms with Crippen molar-refractivity contribution in [3.63, 3.8) is 0 Å². The Kier molecular flexibility index (Phi) is 5.97. The smallest absolute Gasteiger partial charge is 0.253 e. The molecule has 0 spiro atoms. The molecule has 1 heterocycles. The van der Waals surface area contributed by atoms with Crippen molar-refractivity contribution in [1.29, 1.82) is 0 Å². The lowest BCUT2D eigenvalue weighted by Gasteiger charge is -2.25. The molecule has 5 nitrogen and oxygen atoms in total. The Morgan fingerprint density at radius 1 is 1.00 bits per heavy atom. The van der Waals surface area contributed by atoms with Gasteiger partial charge in [0.1, 0.15) is 0 Å². The predicted molar refractivity (Wildman–Crippen MR) is 106 cm³/mol. The minimum absolute atomic E-state index is 0.0355. The van der Waals surface area contributed by atoms with E-state index in [0.29, 0.717) is 18.0 Å². The molecule has 0 saturated carbocycles. The van der Waals surface area contributed by atoms with E-state index in [9.17, 15) is 13.2 Å². The fourth-order valence-electron chi connectivity index (χ4n) is 3.49. The summed E-state index contributed by atoms with van der Waals surface area (Å²) in [4.78, 5) is 15.1. The minimum atomic E-state index is -3.49. The van der Waals surface area contributed by atoms with Crippen LogP contribution in [0.4, 0.5) is 0 Å². The van der Waals surface area contributed by atoms with Gasteiger partial charge in [0.2, 0.25) is 10.0 Å². The highest BCUT2D eigenvalue weighted by Crippen LogP contribution is 2.27. The summed E-state index contributed by atoms with van der Waals surface area (Å²) in [5, 5.41) is 0. The second-order valence-electron chi connectivity index (χ2n) is 7.17. The highest BCUT2D eigenvalue weighted by molar-refractivity contribution is 7.89. The molecule has 0 aromatic heterocycles. The fourth-order valence-corrected chi connectivity index (χ4v) is 4.39. The number of carbonyl (C=O) groups is 1. The first-order valence-corrected chi connectivity index (χ1v) is 10.7. The van der Waals surface area contributed by atoms with Crippen LogP contribution in [0.2, 0.25) is 0 Å². The summed E-state index contributed by atoms with van der Waals surface area (Å²) in [6, 6.07) is 16.6. The molecule has 1 amide bonds. The third-order valence-electron chi connectivity index (χ3n) is 5.11. The molecular formula is C21H26N2O3S. The van der Waals surface area contributed by atoms with E-state index >= 15 is 0 Å². The van der Waals surface area contributed by atoms with Crippen molar-refractivity contribution in [2.75, 3.05) is 27.2 Å². The molecule has 1 aliphatic heterocycles. The topological polar surface area (TPSA) is 57.7 Å². The van der Waals surface area contributed by atoms with Crippen LogP contribution in [0.1, 0.15) is 41.1 Å². The lowest BCUT2D eigenvalue weighted by atomic mass is 9.94. The highest BCUT2D eigenvalue weighted by Gasteiger charge is 2.24. The normalized spacial score (nSPS) is 18.3. The van der Waals surface area contributed by atoms with Crippen LogP contribution in [0, 0.1) is 0 Å². The quantitative estimate of drug-likeness (QED) is 0.810. The third-order valence-corrected chi connectivity index (χ3v) is 6.94. The number of carbonyl (C=O) groups excluding carboxylic acids is 1. The molecular weight excluding hydrogens is 360 g/mol. The van der Waals surface area contributed by atoms with E-state index in [4.69, 9.17) is 0 Å². The van der Waals surface area contributed by atoms with Crippen LogP contribution >= 0.6 is 0 Å². The monoisotopic (exact) mass is 386 g/mol. The summed E-state index contributed by atoms with van der Waals surface area (Å²) >= 11 is 0. The van der Waals surface area contributed by atoms with Crippen molar-refractivity contribution in [2.45, 2.75) is 30.1 Å². The van der Waals surface area contributed by atoms with Crippen molar-refractivity contribution < 1.29 is 13.2 Å². The maximum Gasteiger partial charge on any atom is 0.253 e. The standard InChI is InChI=1S/C21H26N2O3S/c1-22(2)27(25,26)20-13-11-18(12-14-20)21(24)23-15-7-6-10-19(16-23)17-8-4-3-5-9-17/h3-5,8-9,11-14,19H,6-7,10,15-16H2,1-2H3. The van der Waals surface area contributed by atoms with Crippen molar-refractivity contribution in [2.24, 2.45) is 0 Å². The Hall–Kier alpha value is -2.18. The van der Waals surface area contributed by atoms with Crippen LogP contribution < -0.4 is 0 Å². The average Bonchev–Trinajstić information content (AvgIpc) is 2.94. The molecule has 0 bridgehead atoms. The number of likely N-dealkylation sites (tertiary alicyclic amines) is 1. The van der Waals surface area contributed by atoms with Crippen LogP contribution in [0.5, 0.6) is 0 Å².